The molecule has 2 aromatic carbocycles. The summed E-state index contributed by atoms with van der Waals surface area (Å²) in [5.74, 6) is -0.886. The van der Waals surface area contributed by atoms with E-state index in [1.54, 1.807) is 24.3 Å². The Morgan fingerprint density at radius 1 is 1.30 bits per heavy atom. The van der Waals surface area contributed by atoms with E-state index in [-0.39, 0.29) is 26.8 Å². The third-order valence-corrected chi connectivity index (χ3v) is 5.60. The Kier molecular flexibility index (Phi) is 6.15. The molecule has 3 rings (SSSR count). The number of non-ortho nitro benzene ring substituents is 1. The molecule has 0 bridgehead atoms. The molecule has 9 nitrogen and oxygen atoms in total. The van der Waals surface area contributed by atoms with Crippen molar-refractivity contribution in [3.8, 4) is 11.8 Å². The maximum absolute atomic E-state index is 12.4. The second-order valence-electron chi connectivity index (χ2n) is 5.83. The second-order valence-corrected chi connectivity index (χ2v) is 7.26. The number of anilines is 1. The summed E-state index contributed by atoms with van der Waals surface area (Å²) in [6.45, 7) is -0.630. The van der Waals surface area contributed by atoms with Crippen molar-refractivity contribution in [2.45, 2.75) is 0 Å². The van der Waals surface area contributed by atoms with Crippen LogP contribution in [0.2, 0.25) is 5.02 Å². The lowest BCUT2D eigenvalue weighted by Gasteiger charge is -2.07. The van der Waals surface area contributed by atoms with Gasteiger partial charge in [0.15, 0.2) is 6.61 Å². The Morgan fingerprint density at radius 3 is 2.73 bits per heavy atom. The fourth-order valence-electron chi connectivity index (χ4n) is 2.53. The Bertz CT molecular complexity index is 1220. The third-order valence-electron chi connectivity index (χ3n) is 3.96. The van der Waals surface area contributed by atoms with E-state index in [1.807, 2.05) is 0 Å². The van der Waals surface area contributed by atoms with E-state index in [0.29, 0.717) is 11.1 Å². The molecule has 30 heavy (non-hydrogen) atoms. The number of nitrogens with zero attached hydrogens (tertiary/aromatic N) is 2. The summed E-state index contributed by atoms with van der Waals surface area (Å²) in [5, 5.41) is 23.1. The minimum absolute atomic E-state index is 0.0659. The van der Waals surface area contributed by atoms with Crippen molar-refractivity contribution in [1.29, 1.82) is 5.26 Å². The normalized spacial score (nSPS) is 10.3. The van der Waals surface area contributed by atoms with Crippen LogP contribution in [0, 0.1) is 21.4 Å². The van der Waals surface area contributed by atoms with Gasteiger partial charge in [0.05, 0.1) is 28.3 Å². The SMILES string of the molecule is COc1ccc2c(Cl)c(C(=O)OCC(=O)Nc3ccc([N+](=O)[O-])cc3C#N)sc2c1. The van der Waals surface area contributed by atoms with Crippen molar-refractivity contribution in [3.63, 3.8) is 0 Å². The van der Waals surface area contributed by atoms with Gasteiger partial charge in [-0.25, -0.2) is 4.79 Å². The Balaban J connectivity index is 1.69. The Morgan fingerprint density at radius 2 is 2.07 bits per heavy atom. The summed E-state index contributed by atoms with van der Waals surface area (Å²) in [4.78, 5) is 34.7. The van der Waals surface area contributed by atoms with Gasteiger partial charge in [-0.3, -0.25) is 14.9 Å². The Labute approximate surface area is 178 Å². The highest BCUT2D eigenvalue weighted by Crippen LogP contribution is 2.37. The predicted molar refractivity (Wildman–Crippen MR) is 110 cm³/mol. The van der Waals surface area contributed by atoms with Crippen molar-refractivity contribution in [2.75, 3.05) is 19.0 Å². The first-order valence-electron chi connectivity index (χ1n) is 8.25. The van der Waals surface area contributed by atoms with Crippen molar-refractivity contribution in [3.05, 3.63) is 62.0 Å². The quantitative estimate of drug-likeness (QED) is 0.342. The lowest BCUT2D eigenvalue weighted by atomic mass is 10.1. The second kappa shape index (κ2) is 8.77. The minimum atomic E-state index is -0.778. The van der Waals surface area contributed by atoms with Gasteiger partial charge in [-0.15, -0.1) is 11.3 Å². The molecule has 0 saturated heterocycles. The number of esters is 1. The number of carbonyl (C=O) groups excluding carboxylic acids is 2. The highest BCUT2D eigenvalue weighted by molar-refractivity contribution is 7.21. The molecule has 11 heteroatoms. The topological polar surface area (TPSA) is 132 Å². The summed E-state index contributed by atoms with van der Waals surface area (Å²) >= 11 is 7.35. The van der Waals surface area contributed by atoms with E-state index >= 15 is 0 Å². The number of fused-ring (bicyclic) bond motifs is 1. The van der Waals surface area contributed by atoms with E-state index in [9.17, 15) is 19.7 Å². The van der Waals surface area contributed by atoms with Gasteiger partial charge in [-0.2, -0.15) is 5.26 Å². The van der Waals surface area contributed by atoms with E-state index in [0.717, 1.165) is 28.2 Å². The standard InChI is InChI=1S/C19H12ClN3O6S/c1-28-12-3-4-13-15(7-12)30-18(17(13)20)19(25)29-9-16(24)22-14-5-2-11(23(26)27)6-10(14)8-21/h2-7H,9H2,1H3,(H,22,24). The van der Waals surface area contributed by atoms with Crippen LogP contribution in [0.25, 0.3) is 10.1 Å². The number of ether oxygens (including phenoxy) is 2. The molecule has 0 fully saturated rings. The zero-order valence-corrected chi connectivity index (χ0v) is 16.9. The summed E-state index contributed by atoms with van der Waals surface area (Å²) in [5.41, 5.74) is -0.312. The van der Waals surface area contributed by atoms with Crippen molar-refractivity contribution in [2.24, 2.45) is 0 Å². The Hall–Kier alpha value is -3.68. The van der Waals surface area contributed by atoms with Crippen molar-refractivity contribution in [1.82, 2.24) is 0 Å². The maximum atomic E-state index is 12.4. The molecular formula is C19H12ClN3O6S. The number of carbonyl (C=O) groups is 2. The monoisotopic (exact) mass is 445 g/mol. The number of hydrogen-bond donors (Lipinski definition) is 1. The van der Waals surface area contributed by atoms with E-state index in [1.165, 1.54) is 13.2 Å². The third kappa shape index (κ3) is 4.32. The molecule has 0 saturated carbocycles. The molecule has 3 aromatic rings. The zero-order chi connectivity index (χ0) is 21.8. The predicted octanol–water partition coefficient (Wildman–Crippen LogP) is 4.14. The minimum Gasteiger partial charge on any atom is -0.497 e. The fourth-order valence-corrected chi connectivity index (χ4v) is 3.96. The highest BCUT2D eigenvalue weighted by Gasteiger charge is 2.20. The summed E-state index contributed by atoms with van der Waals surface area (Å²) < 4.78 is 10.9. The number of hydrogen-bond acceptors (Lipinski definition) is 8. The molecule has 1 aromatic heterocycles. The first-order chi connectivity index (χ1) is 14.3. The number of amides is 1. The van der Waals surface area contributed by atoms with Gasteiger partial charge in [-0.1, -0.05) is 11.6 Å². The first-order valence-corrected chi connectivity index (χ1v) is 9.45. The average Bonchev–Trinajstić information content (AvgIpc) is 3.07. The lowest BCUT2D eigenvalue weighted by Crippen LogP contribution is -2.21. The van der Waals surface area contributed by atoms with Crippen LogP contribution in [0.1, 0.15) is 15.2 Å². The lowest BCUT2D eigenvalue weighted by molar-refractivity contribution is -0.384. The summed E-state index contributed by atoms with van der Waals surface area (Å²) in [6.07, 6.45) is 0. The molecule has 0 aliphatic heterocycles. The number of nitrogens with one attached hydrogen (secondary N) is 1. The first kappa shape index (κ1) is 21.0. The molecule has 0 atom stereocenters. The average molecular weight is 446 g/mol. The van der Waals surface area contributed by atoms with Crippen LogP contribution in [-0.2, 0) is 9.53 Å². The maximum Gasteiger partial charge on any atom is 0.350 e. The van der Waals surface area contributed by atoms with Gasteiger partial charge in [0.1, 0.15) is 16.7 Å². The smallest absolute Gasteiger partial charge is 0.350 e. The number of rotatable bonds is 6. The zero-order valence-electron chi connectivity index (χ0n) is 15.3. The molecule has 1 N–H and O–H groups in total. The van der Waals surface area contributed by atoms with Gasteiger partial charge in [-0.05, 0) is 24.3 Å². The number of benzene rings is 2. The molecule has 0 unspecified atom stereocenters. The van der Waals surface area contributed by atoms with Gasteiger partial charge < -0.3 is 14.8 Å². The number of methoxy groups -OCH3 is 1. The van der Waals surface area contributed by atoms with Crippen LogP contribution in [0.15, 0.2) is 36.4 Å². The van der Waals surface area contributed by atoms with Crippen LogP contribution >= 0.6 is 22.9 Å². The van der Waals surface area contributed by atoms with Crippen LogP contribution in [0.4, 0.5) is 11.4 Å². The summed E-state index contributed by atoms with van der Waals surface area (Å²) in [6, 6.07) is 10.3. The van der Waals surface area contributed by atoms with E-state index in [4.69, 9.17) is 26.3 Å². The van der Waals surface area contributed by atoms with Gasteiger partial charge in [0, 0.05) is 22.2 Å². The molecule has 0 aliphatic rings. The largest absolute Gasteiger partial charge is 0.497 e. The van der Waals surface area contributed by atoms with Crippen molar-refractivity contribution >= 4 is 56.3 Å². The number of nitro groups is 1. The van der Waals surface area contributed by atoms with Crippen LogP contribution < -0.4 is 10.1 Å². The fraction of sp³-hybridized carbons (Fsp3) is 0.105. The molecule has 152 valence electrons. The molecular weight excluding hydrogens is 434 g/mol. The number of nitro benzene ring substituents is 1. The number of halogens is 1. The van der Waals surface area contributed by atoms with Crippen LogP contribution in [0.5, 0.6) is 5.75 Å². The number of thiophene rings is 1. The van der Waals surface area contributed by atoms with Gasteiger partial charge in [0.2, 0.25) is 0 Å². The van der Waals surface area contributed by atoms with E-state index in [2.05, 4.69) is 5.32 Å². The summed E-state index contributed by atoms with van der Waals surface area (Å²) in [7, 11) is 1.52. The van der Waals surface area contributed by atoms with Crippen LogP contribution in [-0.4, -0.2) is 30.5 Å². The van der Waals surface area contributed by atoms with Crippen molar-refractivity contribution < 1.29 is 24.0 Å². The van der Waals surface area contributed by atoms with Crippen LogP contribution in [0.3, 0.4) is 0 Å². The molecule has 0 aliphatic carbocycles. The molecule has 1 heterocycles. The molecule has 0 radical (unpaired) electrons. The van der Waals surface area contributed by atoms with E-state index < -0.39 is 23.4 Å². The molecule has 1 amide bonds. The van der Waals surface area contributed by atoms with Gasteiger partial charge in [0.25, 0.3) is 11.6 Å². The highest BCUT2D eigenvalue weighted by atomic mass is 35.5. The van der Waals surface area contributed by atoms with Gasteiger partial charge >= 0.3 is 5.97 Å². The molecule has 0 spiro atoms. The number of nitriles is 1.